The summed E-state index contributed by atoms with van der Waals surface area (Å²) in [5.41, 5.74) is 6.78. The molecule has 0 radical (unpaired) electrons. The van der Waals surface area contributed by atoms with E-state index in [0.29, 0.717) is 5.69 Å². The molecule has 7 nitrogen and oxygen atoms in total. The molecule has 0 bridgehead atoms. The number of carbonyl (C=O) groups excluding carboxylic acids is 2. The molecule has 7 heteroatoms. The SMILES string of the molecule is Cc1ccc(C(=O)N(CC(=O)O)Cc2ccccc2)cc1NC(=O)OCC1c2ccccc2-c2ccccc21. The van der Waals surface area contributed by atoms with Crippen molar-refractivity contribution in [3.63, 3.8) is 0 Å². The van der Waals surface area contributed by atoms with Crippen LogP contribution in [0.2, 0.25) is 0 Å². The van der Waals surface area contributed by atoms with Crippen LogP contribution < -0.4 is 5.32 Å². The molecule has 0 saturated carbocycles. The Morgan fingerprint density at radius 3 is 2.10 bits per heavy atom. The Kier molecular flexibility index (Phi) is 7.41. The van der Waals surface area contributed by atoms with Crippen LogP contribution in [0.4, 0.5) is 10.5 Å². The highest BCUT2D eigenvalue weighted by Crippen LogP contribution is 2.44. The number of fused-ring (bicyclic) bond motifs is 3. The molecular formula is C32H28N2O5. The van der Waals surface area contributed by atoms with Crippen LogP contribution in [0.3, 0.4) is 0 Å². The average Bonchev–Trinajstić information content (AvgIpc) is 3.26. The normalized spacial score (nSPS) is 11.8. The predicted octanol–water partition coefficient (Wildman–Crippen LogP) is 6.08. The van der Waals surface area contributed by atoms with E-state index in [9.17, 15) is 19.5 Å². The maximum atomic E-state index is 13.3. The van der Waals surface area contributed by atoms with E-state index in [1.807, 2.05) is 61.5 Å². The van der Waals surface area contributed by atoms with Crippen LogP contribution in [-0.4, -0.2) is 41.1 Å². The van der Waals surface area contributed by atoms with Gasteiger partial charge in [-0.1, -0.05) is 84.9 Å². The Labute approximate surface area is 226 Å². The first-order valence-electron chi connectivity index (χ1n) is 12.7. The standard InChI is InChI=1S/C32H28N2O5/c1-21-15-16-23(31(37)34(19-30(35)36)18-22-9-3-2-4-10-22)17-29(21)33-32(38)39-20-28-26-13-7-5-11-24(26)25-12-6-8-14-27(25)28/h2-17,28H,18-20H2,1H3,(H,33,38)(H,35,36). The Morgan fingerprint density at radius 1 is 0.846 bits per heavy atom. The zero-order valence-electron chi connectivity index (χ0n) is 21.5. The van der Waals surface area contributed by atoms with E-state index in [0.717, 1.165) is 33.4 Å². The number of aryl methyl sites for hydroxylation is 1. The molecule has 1 aliphatic rings. The lowest BCUT2D eigenvalue weighted by atomic mass is 9.98. The first-order valence-corrected chi connectivity index (χ1v) is 12.7. The van der Waals surface area contributed by atoms with Crippen molar-refractivity contribution in [2.45, 2.75) is 19.4 Å². The number of carboxylic acid groups (broad SMARTS) is 1. The number of aliphatic carboxylic acids is 1. The van der Waals surface area contributed by atoms with Crippen molar-refractivity contribution >= 4 is 23.7 Å². The zero-order valence-corrected chi connectivity index (χ0v) is 21.5. The molecule has 0 aliphatic heterocycles. The molecule has 2 amide bonds. The molecule has 4 aromatic rings. The summed E-state index contributed by atoms with van der Waals surface area (Å²) in [5.74, 6) is -1.63. The van der Waals surface area contributed by atoms with Crippen LogP contribution in [0.25, 0.3) is 11.1 Å². The highest BCUT2D eigenvalue weighted by Gasteiger charge is 2.29. The van der Waals surface area contributed by atoms with E-state index >= 15 is 0 Å². The highest BCUT2D eigenvalue weighted by atomic mass is 16.5. The van der Waals surface area contributed by atoms with Gasteiger partial charge in [0.05, 0.1) is 0 Å². The van der Waals surface area contributed by atoms with Crippen LogP contribution in [0.1, 0.15) is 38.5 Å². The number of nitrogens with one attached hydrogen (secondary N) is 1. The first-order chi connectivity index (χ1) is 18.9. The largest absolute Gasteiger partial charge is 0.480 e. The van der Waals surface area contributed by atoms with Crippen LogP contribution in [-0.2, 0) is 16.1 Å². The highest BCUT2D eigenvalue weighted by molar-refractivity contribution is 5.98. The van der Waals surface area contributed by atoms with Crippen LogP contribution in [0.15, 0.2) is 97.1 Å². The van der Waals surface area contributed by atoms with E-state index in [2.05, 4.69) is 29.6 Å². The van der Waals surface area contributed by atoms with Gasteiger partial charge in [-0.2, -0.15) is 0 Å². The summed E-state index contributed by atoms with van der Waals surface area (Å²) in [6.45, 7) is 1.68. The number of hydrogen-bond acceptors (Lipinski definition) is 4. The van der Waals surface area contributed by atoms with E-state index in [1.165, 1.54) is 4.90 Å². The Hall–Kier alpha value is -4.91. The lowest BCUT2D eigenvalue weighted by molar-refractivity contribution is -0.137. The van der Waals surface area contributed by atoms with Crippen molar-refractivity contribution in [3.05, 3.63) is 125 Å². The van der Waals surface area contributed by atoms with Crippen molar-refractivity contribution in [3.8, 4) is 11.1 Å². The number of ether oxygens (including phenoxy) is 1. The second-order valence-corrected chi connectivity index (χ2v) is 9.52. The fourth-order valence-electron chi connectivity index (χ4n) is 4.98. The third kappa shape index (κ3) is 5.67. The third-order valence-electron chi connectivity index (χ3n) is 6.89. The zero-order chi connectivity index (χ0) is 27.4. The van der Waals surface area contributed by atoms with Crippen molar-refractivity contribution in [1.82, 2.24) is 4.90 Å². The molecule has 39 heavy (non-hydrogen) atoms. The molecule has 0 aromatic heterocycles. The first kappa shape index (κ1) is 25.7. The average molecular weight is 521 g/mol. The van der Waals surface area contributed by atoms with Gasteiger partial charge in [-0.3, -0.25) is 14.9 Å². The van der Waals surface area contributed by atoms with Gasteiger partial charge in [-0.25, -0.2) is 4.79 Å². The van der Waals surface area contributed by atoms with Gasteiger partial charge in [0.2, 0.25) is 0 Å². The minimum Gasteiger partial charge on any atom is -0.480 e. The number of rotatable bonds is 8. The molecule has 196 valence electrons. The van der Waals surface area contributed by atoms with Crippen molar-refractivity contribution in [2.75, 3.05) is 18.5 Å². The molecule has 0 heterocycles. The Balaban J connectivity index is 1.29. The van der Waals surface area contributed by atoms with E-state index in [4.69, 9.17) is 4.74 Å². The summed E-state index contributed by atoms with van der Waals surface area (Å²) in [7, 11) is 0. The number of amides is 2. The van der Waals surface area contributed by atoms with Gasteiger partial charge in [-0.05, 0) is 52.4 Å². The molecule has 5 rings (SSSR count). The van der Waals surface area contributed by atoms with Crippen molar-refractivity contribution in [1.29, 1.82) is 0 Å². The van der Waals surface area contributed by atoms with Crippen LogP contribution >= 0.6 is 0 Å². The summed E-state index contributed by atoms with van der Waals surface area (Å²) in [6, 6.07) is 30.3. The Morgan fingerprint density at radius 2 is 1.46 bits per heavy atom. The summed E-state index contributed by atoms with van der Waals surface area (Å²) in [4.78, 5) is 38.9. The number of anilines is 1. The molecule has 0 fully saturated rings. The van der Waals surface area contributed by atoms with Gasteiger partial charge in [0.25, 0.3) is 5.91 Å². The quantitative estimate of drug-likeness (QED) is 0.293. The fourth-order valence-corrected chi connectivity index (χ4v) is 4.98. The smallest absolute Gasteiger partial charge is 0.411 e. The minimum atomic E-state index is -1.11. The number of benzene rings is 4. The third-order valence-corrected chi connectivity index (χ3v) is 6.89. The lowest BCUT2D eigenvalue weighted by Crippen LogP contribution is -2.35. The number of nitrogens with zero attached hydrogens (tertiary/aromatic N) is 1. The van der Waals surface area contributed by atoms with E-state index in [1.54, 1.807) is 18.2 Å². The number of carboxylic acids is 1. The molecule has 4 aromatic carbocycles. The predicted molar refractivity (Wildman–Crippen MR) is 149 cm³/mol. The monoisotopic (exact) mass is 520 g/mol. The van der Waals surface area contributed by atoms with Crippen molar-refractivity contribution < 1.29 is 24.2 Å². The van der Waals surface area contributed by atoms with Gasteiger partial charge < -0.3 is 14.7 Å². The maximum Gasteiger partial charge on any atom is 0.411 e. The topological polar surface area (TPSA) is 95.9 Å². The van der Waals surface area contributed by atoms with Gasteiger partial charge >= 0.3 is 12.1 Å². The van der Waals surface area contributed by atoms with Crippen LogP contribution in [0, 0.1) is 6.92 Å². The summed E-state index contributed by atoms with van der Waals surface area (Å²) in [5, 5.41) is 12.1. The fraction of sp³-hybridized carbons (Fsp3) is 0.156. The number of hydrogen-bond donors (Lipinski definition) is 2. The maximum absolute atomic E-state index is 13.3. The second kappa shape index (κ2) is 11.2. The van der Waals surface area contributed by atoms with Gasteiger partial charge in [0.1, 0.15) is 13.2 Å². The van der Waals surface area contributed by atoms with Gasteiger partial charge in [0.15, 0.2) is 0 Å². The van der Waals surface area contributed by atoms with Crippen molar-refractivity contribution in [2.24, 2.45) is 0 Å². The van der Waals surface area contributed by atoms with Gasteiger partial charge in [0, 0.05) is 23.7 Å². The van der Waals surface area contributed by atoms with E-state index < -0.39 is 24.5 Å². The molecule has 0 atom stereocenters. The second-order valence-electron chi connectivity index (χ2n) is 9.52. The van der Waals surface area contributed by atoms with Crippen LogP contribution in [0.5, 0.6) is 0 Å². The van der Waals surface area contributed by atoms with E-state index in [-0.39, 0.29) is 24.6 Å². The minimum absolute atomic E-state index is 0.0697. The molecule has 2 N–H and O–H groups in total. The molecule has 0 unspecified atom stereocenters. The van der Waals surface area contributed by atoms with Gasteiger partial charge in [-0.15, -0.1) is 0 Å². The molecular weight excluding hydrogens is 492 g/mol. The summed E-state index contributed by atoms with van der Waals surface area (Å²) >= 11 is 0. The summed E-state index contributed by atoms with van der Waals surface area (Å²) in [6.07, 6.45) is -0.628. The Bertz CT molecular complexity index is 1490. The number of carbonyl (C=O) groups is 3. The molecule has 0 spiro atoms. The molecule has 0 saturated heterocycles. The molecule has 1 aliphatic carbocycles. The lowest BCUT2D eigenvalue weighted by Gasteiger charge is -2.21. The summed E-state index contributed by atoms with van der Waals surface area (Å²) < 4.78 is 5.65.